The number of carbonyl (C=O) groups excluding carboxylic acids is 1. The van der Waals surface area contributed by atoms with Crippen molar-refractivity contribution in [3.05, 3.63) is 59.9 Å². The lowest BCUT2D eigenvalue weighted by Gasteiger charge is -2.37. The van der Waals surface area contributed by atoms with Crippen LogP contribution >= 0.6 is 0 Å². The molecule has 5 nitrogen and oxygen atoms in total. The Morgan fingerprint density at radius 2 is 2.14 bits per heavy atom. The van der Waals surface area contributed by atoms with Gasteiger partial charge in [0.1, 0.15) is 0 Å². The molecular weight excluding hydrogens is 285 g/mol. The predicted molar refractivity (Wildman–Crippen MR) is 77.4 cm³/mol. The highest BCUT2D eigenvalue weighted by Gasteiger charge is 2.36. The Morgan fingerprint density at radius 3 is 2.77 bits per heavy atom. The quantitative estimate of drug-likeness (QED) is 0.904. The van der Waals surface area contributed by atoms with E-state index in [1.54, 1.807) is 12.3 Å². The minimum Gasteiger partial charge on any atom is -0.393 e. The van der Waals surface area contributed by atoms with Gasteiger partial charge >= 0.3 is 0 Å². The van der Waals surface area contributed by atoms with Gasteiger partial charge < -0.3 is 10.4 Å². The number of halogens is 1. The normalized spacial score (nSPS) is 21.7. The van der Waals surface area contributed by atoms with Crippen LogP contribution in [0.15, 0.2) is 42.9 Å². The van der Waals surface area contributed by atoms with E-state index in [2.05, 4.69) is 15.3 Å². The van der Waals surface area contributed by atoms with Crippen molar-refractivity contribution in [3.63, 3.8) is 0 Å². The third-order valence-corrected chi connectivity index (χ3v) is 3.93. The van der Waals surface area contributed by atoms with Gasteiger partial charge in [-0.25, -0.2) is 4.39 Å². The van der Waals surface area contributed by atoms with Crippen LogP contribution in [0, 0.1) is 11.7 Å². The van der Waals surface area contributed by atoms with Crippen LogP contribution < -0.4 is 5.32 Å². The first-order chi connectivity index (χ1) is 10.6. The standard InChI is InChI=1S/C16H16FN3O2/c17-13-9-18-6-4-12(13)16(22)20-15(10-7-11(21)8-10)14-3-1-2-5-19-14/h1-6,9-11,15,21H,7-8H2,(H,20,22)/t10?,11?,15-/m1/s1. The van der Waals surface area contributed by atoms with Gasteiger partial charge in [-0.15, -0.1) is 0 Å². The van der Waals surface area contributed by atoms with Crippen LogP contribution in [0.3, 0.4) is 0 Å². The summed E-state index contributed by atoms with van der Waals surface area (Å²) in [5.41, 5.74) is 0.665. The van der Waals surface area contributed by atoms with Gasteiger partial charge in [-0.3, -0.25) is 14.8 Å². The summed E-state index contributed by atoms with van der Waals surface area (Å²) in [4.78, 5) is 20.2. The fraction of sp³-hybridized carbons (Fsp3) is 0.312. The van der Waals surface area contributed by atoms with Crippen LogP contribution in [0.5, 0.6) is 0 Å². The fourth-order valence-corrected chi connectivity index (χ4v) is 2.67. The van der Waals surface area contributed by atoms with E-state index >= 15 is 0 Å². The van der Waals surface area contributed by atoms with Gasteiger partial charge in [0.15, 0.2) is 5.82 Å². The average Bonchev–Trinajstić information content (AvgIpc) is 2.51. The monoisotopic (exact) mass is 301 g/mol. The van der Waals surface area contributed by atoms with Gasteiger partial charge in [0.25, 0.3) is 5.91 Å². The van der Waals surface area contributed by atoms with E-state index in [1.165, 1.54) is 12.3 Å². The molecule has 3 rings (SSSR count). The Kier molecular flexibility index (Phi) is 4.11. The molecule has 2 heterocycles. The first kappa shape index (κ1) is 14.6. The van der Waals surface area contributed by atoms with E-state index in [9.17, 15) is 14.3 Å². The predicted octanol–water partition coefficient (Wildman–Crippen LogP) is 1.86. The van der Waals surface area contributed by atoms with Gasteiger partial charge in [-0.2, -0.15) is 0 Å². The highest BCUT2D eigenvalue weighted by atomic mass is 19.1. The van der Waals surface area contributed by atoms with Gasteiger partial charge in [-0.1, -0.05) is 6.07 Å². The molecule has 2 aromatic heterocycles. The number of pyridine rings is 2. The van der Waals surface area contributed by atoms with Gasteiger partial charge in [0.2, 0.25) is 0 Å². The molecule has 1 aliphatic carbocycles. The molecule has 1 amide bonds. The van der Waals surface area contributed by atoms with Crippen molar-refractivity contribution in [2.45, 2.75) is 25.0 Å². The second-order valence-electron chi connectivity index (χ2n) is 5.45. The van der Waals surface area contributed by atoms with Crippen LogP contribution in [-0.2, 0) is 0 Å². The number of carbonyl (C=O) groups is 1. The largest absolute Gasteiger partial charge is 0.393 e. The number of hydrogen-bond acceptors (Lipinski definition) is 4. The highest BCUT2D eigenvalue weighted by molar-refractivity contribution is 5.94. The van der Waals surface area contributed by atoms with Gasteiger partial charge in [0, 0.05) is 12.4 Å². The number of aromatic nitrogens is 2. The first-order valence-electron chi connectivity index (χ1n) is 7.14. The number of nitrogens with zero attached hydrogens (tertiary/aromatic N) is 2. The molecule has 2 N–H and O–H groups in total. The van der Waals surface area contributed by atoms with E-state index in [0.717, 1.165) is 6.20 Å². The van der Waals surface area contributed by atoms with Crippen molar-refractivity contribution in [1.29, 1.82) is 0 Å². The third kappa shape index (κ3) is 2.96. The number of amides is 1. The van der Waals surface area contributed by atoms with Crippen molar-refractivity contribution in [3.8, 4) is 0 Å². The Hall–Kier alpha value is -2.34. The molecule has 0 spiro atoms. The smallest absolute Gasteiger partial charge is 0.254 e. The Bertz CT molecular complexity index is 659. The summed E-state index contributed by atoms with van der Waals surface area (Å²) in [7, 11) is 0. The van der Waals surface area contributed by atoms with Crippen LogP contribution in [-0.4, -0.2) is 27.1 Å². The van der Waals surface area contributed by atoms with Gasteiger partial charge in [-0.05, 0) is 37.0 Å². The molecule has 0 unspecified atom stereocenters. The molecule has 1 aliphatic rings. The van der Waals surface area contributed by atoms with E-state index < -0.39 is 11.7 Å². The average molecular weight is 301 g/mol. The van der Waals surface area contributed by atoms with Crippen molar-refractivity contribution >= 4 is 5.91 Å². The second-order valence-corrected chi connectivity index (χ2v) is 5.45. The van der Waals surface area contributed by atoms with Gasteiger partial charge in [0.05, 0.1) is 29.6 Å². The van der Waals surface area contributed by atoms with E-state index in [4.69, 9.17) is 0 Å². The minimum atomic E-state index is -0.659. The molecule has 1 atom stereocenters. The van der Waals surface area contributed by atoms with Crippen molar-refractivity contribution < 1.29 is 14.3 Å². The summed E-state index contributed by atoms with van der Waals surface area (Å²) in [6.07, 6.45) is 4.89. The topological polar surface area (TPSA) is 75.1 Å². The summed E-state index contributed by atoms with van der Waals surface area (Å²) in [5.74, 6) is -1.07. The number of rotatable bonds is 4. The first-order valence-corrected chi connectivity index (χ1v) is 7.14. The lowest BCUT2D eigenvalue weighted by atomic mass is 9.76. The minimum absolute atomic E-state index is 0.0456. The summed E-state index contributed by atoms with van der Waals surface area (Å²) in [6, 6.07) is 6.45. The molecule has 2 aromatic rings. The molecule has 0 bridgehead atoms. The summed E-state index contributed by atoms with van der Waals surface area (Å²) < 4.78 is 13.7. The lowest BCUT2D eigenvalue weighted by Crippen LogP contribution is -2.42. The maximum Gasteiger partial charge on any atom is 0.254 e. The van der Waals surface area contributed by atoms with E-state index in [0.29, 0.717) is 18.5 Å². The number of aliphatic hydroxyl groups is 1. The molecule has 0 radical (unpaired) electrons. The molecule has 0 aliphatic heterocycles. The molecule has 1 fully saturated rings. The van der Waals surface area contributed by atoms with Crippen LogP contribution in [0.4, 0.5) is 4.39 Å². The zero-order valence-corrected chi connectivity index (χ0v) is 11.8. The maximum atomic E-state index is 13.7. The maximum absolute atomic E-state index is 13.7. The molecule has 0 aromatic carbocycles. The van der Waals surface area contributed by atoms with Crippen molar-refractivity contribution in [2.24, 2.45) is 5.92 Å². The number of aliphatic hydroxyl groups excluding tert-OH is 1. The Labute approximate surface area is 127 Å². The number of hydrogen-bond donors (Lipinski definition) is 2. The lowest BCUT2D eigenvalue weighted by molar-refractivity contribution is 0.0228. The van der Waals surface area contributed by atoms with Crippen LogP contribution in [0.25, 0.3) is 0 Å². The fourth-order valence-electron chi connectivity index (χ4n) is 2.67. The van der Waals surface area contributed by atoms with E-state index in [-0.39, 0.29) is 23.6 Å². The summed E-state index contributed by atoms with van der Waals surface area (Å²) in [6.45, 7) is 0. The van der Waals surface area contributed by atoms with E-state index in [1.807, 2.05) is 12.1 Å². The summed E-state index contributed by atoms with van der Waals surface area (Å²) >= 11 is 0. The second kappa shape index (κ2) is 6.19. The Morgan fingerprint density at radius 1 is 1.32 bits per heavy atom. The van der Waals surface area contributed by atoms with Crippen molar-refractivity contribution in [2.75, 3.05) is 0 Å². The molecule has 22 heavy (non-hydrogen) atoms. The molecule has 6 heteroatoms. The SMILES string of the molecule is O=C(N[C@@H](c1ccccn1)C1CC(O)C1)c1ccncc1F. The summed E-state index contributed by atoms with van der Waals surface area (Å²) in [5, 5.41) is 12.3. The van der Waals surface area contributed by atoms with Crippen LogP contribution in [0.2, 0.25) is 0 Å². The van der Waals surface area contributed by atoms with Crippen molar-refractivity contribution in [1.82, 2.24) is 15.3 Å². The molecule has 0 saturated heterocycles. The highest BCUT2D eigenvalue weighted by Crippen LogP contribution is 2.37. The molecule has 1 saturated carbocycles. The third-order valence-electron chi connectivity index (χ3n) is 3.93. The Balaban J connectivity index is 1.81. The number of nitrogens with one attached hydrogen (secondary N) is 1. The zero-order valence-electron chi connectivity index (χ0n) is 11.8. The van der Waals surface area contributed by atoms with Crippen LogP contribution in [0.1, 0.15) is 34.9 Å². The molecular formula is C16H16FN3O2. The zero-order chi connectivity index (χ0) is 15.5. The molecule has 114 valence electrons.